The predicted octanol–water partition coefficient (Wildman–Crippen LogP) is 3.48. The average molecular weight is 310 g/mol. The Morgan fingerprint density at radius 2 is 2.09 bits per heavy atom. The topological polar surface area (TPSA) is 41.1 Å². The molecule has 3 heteroatoms. The lowest BCUT2D eigenvalue weighted by atomic mass is 9.85. The van der Waals surface area contributed by atoms with Gasteiger partial charge in [-0.05, 0) is 60.2 Å². The van der Waals surface area contributed by atoms with E-state index in [1.165, 1.54) is 23.6 Å². The van der Waals surface area contributed by atoms with Gasteiger partial charge in [-0.1, -0.05) is 43.3 Å². The fourth-order valence-corrected chi connectivity index (χ4v) is 3.45. The molecule has 23 heavy (non-hydrogen) atoms. The zero-order valence-electron chi connectivity index (χ0n) is 13.8. The maximum Gasteiger partial charge on any atom is 0.220 e. The minimum atomic E-state index is 0.163. The first-order chi connectivity index (χ1) is 11.2. The van der Waals surface area contributed by atoms with Crippen LogP contribution in [0.1, 0.15) is 31.7 Å². The number of rotatable bonds is 5. The highest BCUT2D eigenvalue weighted by atomic mass is 16.1. The van der Waals surface area contributed by atoms with Crippen molar-refractivity contribution in [3.05, 3.63) is 48.0 Å². The van der Waals surface area contributed by atoms with Crippen molar-refractivity contribution in [1.82, 2.24) is 10.6 Å². The SMILES string of the molecule is CC(CC(=O)NCc1ccc2ccccc2c1)C1CCCNC1. The van der Waals surface area contributed by atoms with Crippen molar-refractivity contribution in [2.24, 2.45) is 11.8 Å². The number of piperidine rings is 1. The van der Waals surface area contributed by atoms with Gasteiger partial charge in [0, 0.05) is 13.0 Å². The van der Waals surface area contributed by atoms with E-state index >= 15 is 0 Å². The maximum absolute atomic E-state index is 12.2. The van der Waals surface area contributed by atoms with Crippen LogP contribution in [-0.2, 0) is 11.3 Å². The van der Waals surface area contributed by atoms with E-state index < -0.39 is 0 Å². The number of carbonyl (C=O) groups is 1. The van der Waals surface area contributed by atoms with Gasteiger partial charge in [0.25, 0.3) is 0 Å². The second kappa shape index (κ2) is 7.60. The molecule has 3 nitrogen and oxygen atoms in total. The Bertz CT molecular complexity index is 661. The molecule has 122 valence electrons. The van der Waals surface area contributed by atoms with Crippen molar-refractivity contribution in [1.29, 1.82) is 0 Å². The highest BCUT2D eigenvalue weighted by Crippen LogP contribution is 2.22. The van der Waals surface area contributed by atoms with Gasteiger partial charge in [-0.15, -0.1) is 0 Å². The van der Waals surface area contributed by atoms with Gasteiger partial charge < -0.3 is 10.6 Å². The second-order valence-corrected chi connectivity index (χ2v) is 6.75. The molecule has 1 aliphatic rings. The Morgan fingerprint density at radius 1 is 1.26 bits per heavy atom. The summed E-state index contributed by atoms with van der Waals surface area (Å²) in [4.78, 5) is 12.2. The molecule has 1 aliphatic heterocycles. The third-order valence-corrected chi connectivity index (χ3v) is 4.95. The van der Waals surface area contributed by atoms with E-state index in [9.17, 15) is 4.79 Å². The quantitative estimate of drug-likeness (QED) is 0.887. The lowest BCUT2D eigenvalue weighted by Gasteiger charge is -2.28. The summed E-state index contributed by atoms with van der Waals surface area (Å²) in [5.74, 6) is 1.24. The van der Waals surface area contributed by atoms with Crippen LogP contribution < -0.4 is 10.6 Å². The number of carbonyl (C=O) groups excluding carboxylic acids is 1. The molecule has 1 saturated heterocycles. The molecule has 1 fully saturated rings. The van der Waals surface area contributed by atoms with Gasteiger partial charge in [0.2, 0.25) is 5.91 Å². The van der Waals surface area contributed by atoms with Crippen LogP contribution in [0.5, 0.6) is 0 Å². The number of amides is 1. The molecule has 0 aromatic heterocycles. The highest BCUT2D eigenvalue weighted by molar-refractivity contribution is 5.83. The summed E-state index contributed by atoms with van der Waals surface area (Å²) in [6, 6.07) is 14.7. The molecule has 0 saturated carbocycles. The van der Waals surface area contributed by atoms with Gasteiger partial charge in [0.1, 0.15) is 0 Å². The standard InChI is InChI=1S/C20H26N2O/c1-15(19-7-4-10-21-14-19)11-20(23)22-13-16-8-9-17-5-2-3-6-18(17)12-16/h2-3,5-6,8-9,12,15,19,21H,4,7,10-11,13-14H2,1H3,(H,22,23). The van der Waals surface area contributed by atoms with Gasteiger partial charge in [-0.2, -0.15) is 0 Å². The minimum absolute atomic E-state index is 0.163. The van der Waals surface area contributed by atoms with Gasteiger partial charge in [0.05, 0.1) is 0 Å². The number of hydrogen-bond acceptors (Lipinski definition) is 2. The summed E-state index contributed by atoms with van der Waals surface area (Å²) in [6.45, 7) is 4.99. The molecule has 1 heterocycles. The number of nitrogens with one attached hydrogen (secondary N) is 2. The van der Waals surface area contributed by atoms with E-state index in [-0.39, 0.29) is 5.91 Å². The fraction of sp³-hybridized carbons (Fsp3) is 0.450. The number of fused-ring (bicyclic) bond motifs is 1. The van der Waals surface area contributed by atoms with Crippen LogP contribution in [0, 0.1) is 11.8 Å². The Labute approximate surface area is 138 Å². The molecule has 0 spiro atoms. The van der Waals surface area contributed by atoms with Crippen molar-refractivity contribution in [2.75, 3.05) is 13.1 Å². The zero-order chi connectivity index (χ0) is 16.1. The lowest BCUT2D eigenvalue weighted by Crippen LogP contribution is -2.35. The van der Waals surface area contributed by atoms with E-state index in [0.29, 0.717) is 24.8 Å². The minimum Gasteiger partial charge on any atom is -0.352 e. The third kappa shape index (κ3) is 4.32. The molecular weight excluding hydrogens is 284 g/mol. The van der Waals surface area contributed by atoms with Gasteiger partial charge >= 0.3 is 0 Å². The Morgan fingerprint density at radius 3 is 2.87 bits per heavy atom. The predicted molar refractivity (Wildman–Crippen MR) is 95.2 cm³/mol. The van der Waals surface area contributed by atoms with Crippen molar-refractivity contribution in [3.63, 3.8) is 0 Å². The third-order valence-electron chi connectivity index (χ3n) is 4.95. The van der Waals surface area contributed by atoms with Crippen LogP contribution in [0.15, 0.2) is 42.5 Å². The van der Waals surface area contributed by atoms with E-state index in [0.717, 1.165) is 18.7 Å². The Balaban J connectivity index is 1.51. The smallest absolute Gasteiger partial charge is 0.220 e. The molecular formula is C20H26N2O. The van der Waals surface area contributed by atoms with Gasteiger partial charge in [-0.3, -0.25) is 4.79 Å². The summed E-state index contributed by atoms with van der Waals surface area (Å²) in [5.41, 5.74) is 1.16. The normalized spacial score (nSPS) is 19.4. The molecule has 2 atom stereocenters. The highest BCUT2D eigenvalue weighted by Gasteiger charge is 2.21. The van der Waals surface area contributed by atoms with Crippen molar-refractivity contribution in [3.8, 4) is 0 Å². The molecule has 2 aromatic rings. The molecule has 2 unspecified atom stereocenters. The van der Waals surface area contributed by atoms with Crippen molar-refractivity contribution >= 4 is 16.7 Å². The van der Waals surface area contributed by atoms with Crippen molar-refractivity contribution in [2.45, 2.75) is 32.7 Å². The Kier molecular flexibility index (Phi) is 5.29. The molecule has 0 aliphatic carbocycles. The molecule has 3 rings (SSSR count). The maximum atomic E-state index is 12.2. The van der Waals surface area contributed by atoms with E-state index in [2.05, 4.69) is 47.9 Å². The monoisotopic (exact) mass is 310 g/mol. The van der Waals surface area contributed by atoms with E-state index in [1.54, 1.807) is 0 Å². The zero-order valence-corrected chi connectivity index (χ0v) is 13.8. The molecule has 1 amide bonds. The summed E-state index contributed by atoms with van der Waals surface area (Å²) >= 11 is 0. The van der Waals surface area contributed by atoms with Gasteiger partial charge in [-0.25, -0.2) is 0 Å². The molecule has 2 aromatic carbocycles. The van der Waals surface area contributed by atoms with Gasteiger partial charge in [0.15, 0.2) is 0 Å². The van der Waals surface area contributed by atoms with Crippen LogP contribution in [0.3, 0.4) is 0 Å². The van der Waals surface area contributed by atoms with Crippen LogP contribution in [-0.4, -0.2) is 19.0 Å². The van der Waals surface area contributed by atoms with Crippen molar-refractivity contribution < 1.29 is 4.79 Å². The summed E-state index contributed by atoms with van der Waals surface area (Å²) < 4.78 is 0. The number of benzene rings is 2. The number of hydrogen-bond donors (Lipinski definition) is 2. The molecule has 0 radical (unpaired) electrons. The molecule has 2 N–H and O–H groups in total. The van der Waals surface area contributed by atoms with Crippen LogP contribution >= 0.6 is 0 Å². The second-order valence-electron chi connectivity index (χ2n) is 6.75. The average Bonchev–Trinajstić information content (AvgIpc) is 2.60. The van der Waals surface area contributed by atoms with Crippen LogP contribution in [0.25, 0.3) is 10.8 Å². The van der Waals surface area contributed by atoms with Crippen LogP contribution in [0.2, 0.25) is 0 Å². The first-order valence-electron chi connectivity index (χ1n) is 8.67. The summed E-state index contributed by atoms with van der Waals surface area (Å²) in [6.07, 6.45) is 3.10. The van der Waals surface area contributed by atoms with E-state index in [4.69, 9.17) is 0 Å². The Hall–Kier alpha value is -1.87. The summed E-state index contributed by atoms with van der Waals surface area (Å²) in [7, 11) is 0. The summed E-state index contributed by atoms with van der Waals surface area (Å²) in [5, 5.41) is 8.97. The largest absolute Gasteiger partial charge is 0.352 e. The van der Waals surface area contributed by atoms with E-state index in [1.807, 2.05) is 12.1 Å². The lowest BCUT2D eigenvalue weighted by molar-refractivity contribution is -0.122. The first kappa shape index (κ1) is 16.0. The van der Waals surface area contributed by atoms with Crippen LogP contribution in [0.4, 0.5) is 0 Å². The fourth-order valence-electron chi connectivity index (χ4n) is 3.45. The molecule has 0 bridgehead atoms. The first-order valence-corrected chi connectivity index (χ1v) is 8.67.